The fraction of sp³-hybridized carbons (Fsp3) is 0.500. The molecule has 0 aromatic heterocycles. The van der Waals surface area contributed by atoms with E-state index >= 15 is 0 Å². The van der Waals surface area contributed by atoms with E-state index in [-0.39, 0.29) is 5.92 Å². The van der Waals surface area contributed by atoms with Crippen LogP contribution in [-0.2, 0) is 10.0 Å². The molecule has 1 aromatic carbocycles. The summed E-state index contributed by atoms with van der Waals surface area (Å²) in [4.78, 5) is 9.10. The number of nitro benzene ring substituents is 1. The zero-order valence-corrected chi connectivity index (χ0v) is 12.2. The summed E-state index contributed by atoms with van der Waals surface area (Å²) in [6.07, 6.45) is 0.770. The lowest BCUT2D eigenvalue weighted by Gasteiger charge is -2.29. The Labute approximate surface area is 121 Å². The first-order chi connectivity index (χ1) is 9.83. The van der Waals surface area contributed by atoms with Gasteiger partial charge in [0, 0.05) is 18.7 Å². The molecule has 1 aliphatic rings. The average Bonchev–Trinajstić information content (AvgIpc) is 2.40. The maximum absolute atomic E-state index is 13.8. The van der Waals surface area contributed by atoms with Crippen molar-refractivity contribution in [3.8, 4) is 0 Å². The predicted octanol–water partition coefficient (Wildman–Crippen LogP) is 1.01. The van der Waals surface area contributed by atoms with E-state index in [1.54, 1.807) is 0 Å². The van der Waals surface area contributed by atoms with E-state index in [0.717, 1.165) is 31.2 Å². The summed E-state index contributed by atoms with van der Waals surface area (Å²) in [5.41, 5.74) is -0.765. The molecule has 0 radical (unpaired) electrons. The summed E-state index contributed by atoms with van der Waals surface area (Å²) in [6.45, 7) is 3.06. The van der Waals surface area contributed by atoms with Crippen LogP contribution in [0.4, 0.5) is 10.1 Å². The highest BCUT2D eigenvalue weighted by Gasteiger charge is 2.33. The van der Waals surface area contributed by atoms with Gasteiger partial charge in [-0.15, -0.1) is 0 Å². The van der Waals surface area contributed by atoms with Gasteiger partial charge in [-0.2, -0.15) is 0 Å². The molecule has 9 heteroatoms. The quantitative estimate of drug-likeness (QED) is 0.637. The Kier molecular flexibility index (Phi) is 4.55. The molecule has 0 saturated carbocycles. The van der Waals surface area contributed by atoms with Gasteiger partial charge in [0.1, 0.15) is 5.82 Å². The monoisotopic (exact) mass is 317 g/mol. The van der Waals surface area contributed by atoms with Crippen molar-refractivity contribution >= 4 is 15.7 Å². The molecule has 0 spiro atoms. The molecule has 1 saturated heterocycles. The number of piperidine rings is 1. The van der Waals surface area contributed by atoms with Gasteiger partial charge >= 0.3 is 0 Å². The molecular formula is C12H16FN3O4S. The van der Waals surface area contributed by atoms with E-state index in [2.05, 4.69) is 10.0 Å². The lowest BCUT2D eigenvalue weighted by molar-refractivity contribution is -0.388. The van der Waals surface area contributed by atoms with Crippen LogP contribution >= 0.6 is 0 Å². The van der Waals surface area contributed by atoms with Crippen LogP contribution in [0.1, 0.15) is 13.3 Å². The summed E-state index contributed by atoms with van der Waals surface area (Å²) in [5, 5.41) is 13.9. The van der Waals surface area contributed by atoms with Crippen molar-refractivity contribution in [2.75, 3.05) is 13.1 Å². The van der Waals surface area contributed by atoms with Gasteiger partial charge in [-0.1, -0.05) is 13.0 Å². The van der Waals surface area contributed by atoms with Gasteiger partial charge in [-0.3, -0.25) is 10.1 Å². The van der Waals surface area contributed by atoms with Crippen molar-refractivity contribution in [2.45, 2.75) is 24.3 Å². The van der Waals surface area contributed by atoms with Gasteiger partial charge in [0.15, 0.2) is 4.90 Å². The van der Waals surface area contributed by atoms with Crippen LogP contribution in [0.5, 0.6) is 0 Å². The van der Waals surface area contributed by atoms with Crippen LogP contribution in [0.2, 0.25) is 0 Å². The molecule has 1 aromatic rings. The van der Waals surface area contributed by atoms with Crippen LogP contribution in [0.15, 0.2) is 23.1 Å². The smallest absolute Gasteiger partial charge is 0.292 e. The molecule has 7 nitrogen and oxygen atoms in total. The molecule has 1 aliphatic heterocycles. The number of sulfonamides is 1. The molecule has 2 N–H and O–H groups in total. The fourth-order valence-corrected chi connectivity index (χ4v) is 3.89. The summed E-state index contributed by atoms with van der Waals surface area (Å²) >= 11 is 0. The van der Waals surface area contributed by atoms with E-state index in [1.165, 1.54) is 0 Å². The van der Waals surface area contributed by atoms with Gasteiger partial charge in [-0.25, -0.2) is 17.5 Å². The van der Waals surface area contributed by atoms with E-state index in [0.29, 0.717) is 6.54 Å². The van der Waals surface area contributed by atoms with Crippen molar-refractivity contribution in [3.63, 3.8) is 0 Å². The van der Waals surface area contributed by atoms with Crippen molar-refractivity contribution in [2.24, 2.45) is 5.92 Å². The van der Waals surface area contributed by atoms with Crippen LogP contribution in [-0.4, -0.2) is 32.5 Å². The van der Waals surface area contributed by atoms with Crippen molar-refractivity contribution in [3.05, 3.63) is 34.1 Å². The van der Waals surface area contributed by atoms with Gasteiger partial charge in [0.2, 0.25) is 0 Å². The molecule has 2 rings (SSSR count). The van der Waals surface area contributed by atoms with Crippen molar-refractivity contribution in [1.29, 1.82) is 0 Å². The Balaban J connectivity index is 2.38. The number of rotatable bonds is 4. The maximum atomic E-state index is 13.8. The topological polar surface area (TPSA) is 101 Å². The second kappa shape index (κ2) is 6.04. The zero-order chi connectivity index (χ0) is 15.6. The Hall–Kier alpha value is -1.58. The van der Waals surface area contributed by atoms with E-state index in [1.807, 2.05) is 6.92 Å². The Morgan fingerprint density at radius 3 is 2.81 bits per heavy atom. The Bertz CT molecular complexity index is 650. The first-order valence-electron chi connectivity index (χ1n) is 6.49. The number of nitrogens with zero attached hydrogens (tertiary/aromatic N) is 1. The van der Waals surface area contributed by atoms with Gasteiger partial charge in [0.05, 0.1) is 4.92 Å². The third-order valence-electron chi connectivity index (χ3n) is 3.55. The molecule has 0 aliphatic carbocycles. The molecule has 1 fully saturated rings. The Morgan fingerprint density at radius 1 is 1.48 bits per heavy atom. The number of halogens is 1. The van der Waals surface area contributed by atoms with Gasteiger partial charge < -0.3 is 5.32 Å². The highest BCUT2D eigenvalue weighted by atomic mass is 32.2. The summed E-state index contributed by atoms with van der Waals surface area (Å²) in [6, 6.07) is 2.55. The second-order valence-electron chi connectivity index (χ2n) is 5.04. The zero-order valence-electron chi connectivity index (χ0n) is 11.4. The lowest BCUT2D eigenvalue weighted by Crippen LogP contribution is -2.50. The Morgan fingerprint density at radius 2 is 2.19 bits per heavy atom. The number of nitrogens with one attached hydrogen (secondary N) is 2. The standard InChI is InChI=1S/C12H16FN3O4S/c1-8-5-6-14-7-10(8)15-21(19,20)12-9(13)3-2-4-11(12)16(17)18/h2-4,8,10,14-15H,5-7H2,1H3. The largest absolute Gasteiger partial charge is 0.315 e. The van der Waals surface area contributed by atoms with Gasteiger partial charge in [0.25, 0.3) is 15.7 Å². The molecule has 0 bridgehead atoms. The molecular weight excluding hydrogens is 301 g/mol. The van der Waals surface area contributed by atoms with E-state index in [4.69, 9.17) is 0 Å². The molecule has 1 heterocycles. The molecule has 2 atom stereocenters. The molecule has 21 heavy (non-hydrogen) atoms. The number of nitro groups is 1. The lowest BCUT2D eigenvalue weighted by atomic mass is 9.96. The maximum Gasteiger partial charge on any atom is 0.292 e. The number of hydrogen-bond acceptors (Lipinski definition) is 5. The van der Waals surface area contributed by atoms with Crippen molar-refractivity contribution < 1.29 is 17.7 Å². The van der Waals surface area contributed by atoms with Crippen LogP contribution in [0.25, 0.3) is 0 Å². The van der Waals surface area contributed by atoms with Crippen LogP contribution < -0.4 is 10.0 Å². The second-order valence-corrected chi connectivity index (χ2v) is 6.69. The summed E-state index contributed by atoms with van der Waals surface area (Å²) < 4.78 is 40.8. The SMILES string of the molecule is CC1CCNCC1NS(=O)(=O)c1c(F)cccc1[N+](=O)[O-]. The minimum atomic E-state index is -4.31. The van der Waals surface area contributed by atoms with E-state index < -0.39 is 37.4 Å². The third-order valence-corrected chi connectivity index (χ3v) is 5.10. The fourth-order valence-electron chi connectivity index (χ4n) is 2.31. The van der Waals surface area contributed by atoms with Crippen LogP contribution in [0.3, 0.4) is 0 Å². The van der Waals surface area contributed by atoms with Crippen LogP contribution in [0, 0.1) is 21.8 Å². The first-order valence-corrected chi connectivity index (χ1v) is 7.97. The minimum Gasteiger partial charge on any atom is -0.315 e. The van der Waals surface area contributed by atoms with Gasteiger partial charge in [-0.05, 0) is 24.9 Å². The highest BCUT2D eigenvalue weighted by Crippen LogP contribution is 2.27. The summed E-state index contributed by atoms with van der Waals surface area (Å²) in [5.74, 6) is -1.07. The average molecular weight is 317 g/mol. The summed E-state index contributed by atoms with van der Waals surface area (Å²) in [7, 11) is -4.31. The molecule has 2 unspecified atom stereocenters. The minimum absolute atomic E-state index is 0.0619. The molecule has 0 amide bonds. The normalized spacial score (nSPS) is 23.0. The number of hydrogen-bond donors (Lipinski definition) is 2. The molecule has 116 valence electrons. The van der Waals surface area contributed by atoms with Crippen molar-refractivity contribution in [1.82, 2.24) is 10.0 Å². The highest BCUT2D eigenvalue weighted by molar-refractivity contribution is 7.89. The third kappa shape index (κ3) is 3.36. The van der Waals surface area contributed by atoms with E-state index in [9.17, 15) is 22.9 Å². The number of benzene rings is 1. The first kappa shape index (κ1) is 15.8. The predicted molar refractivity (Wildman–Crippen MR) is 73.8 cm³/mol.